The molecule has 152 valence electrons. The van der Waals surface area contributed by atoms with E-state index in [2.05, 4.69) is 10.3 Å². The second kappa shape index (κ2) is 7.86. The van der Waals surface area contributed by atoms with E-state index < -0.39 is 23.0 Å². The standard InChI is InChI=1S/C21H16F2N4O3/c1-2-30-21(29)16-12-27(19-10-18(23)17(22)9-15(19)20(16)28)14-5-3-13(4-6-14)11-26-8-7-24-25-26/h3-10,12H,2,11H2,1H3. The monoisotopic (exact) mass is 410 g/mol. The first kappa shape index (κ1) is 19.4. The average molecular weight is 410 g/mol. The molecule has 0 radical (unpaired) electrons. The fourth-order valence-corrected chi connectivity index (χ4v) is 3.15. The Labute approximate surface area is 169 Å². The van der Waals surface area contributed by atoms with Gasteiger partial charge in [-0.25, -0.2) is 18.3 Å². The van der Waals surface area contributed by atoms with Gasteiger partial charge in [-0.05, 0) is 30.7 Å². The molecule has 2 aromatic carbocycles. The summed E-state index contributed by atoms with van der Waals surface area (Å²) in [7, 11) is 0. The number of esters is 1. The summed E-state index contributed by atoms with van der Waals surface area (Å²) in [6, 6.07) is 8.87. The van der Waals surface area contributed by atoms with Gasteiger partial charge < -0.3 is 9.30 Å². The lowest BCUT2D eigenvalue weighted by Crippen LogP contribution is -2.21. The number of hydrogen-bond acceptors (Lipinski definition) is 5. The van der Waals surface area contributed by atoms with Gasteiger partial charge in [0.25, 0.3) is 0 Å². The summed E-state index contributed by atoms with van der Waals surface area (Å²) in [5, 5.41) is 7.54. The zero-order valence-corrected chi connectivity index (χ0v) is 15.9. The molecule has 0 aliphatic rings. The predicted octanol–water partition coefficient (Wildman–Crippen LogP) is 3.09. The van der Waals surface area contributed by atoms with Crippen molar-refractivity contribution in [1.29, 1.82) is 0 Å². The second-order valence-corrected chi connectivity index (χ2v) is 6.51. The predicted molar refractivity (Wildman–Crippen MR) is 105 cm³/mol. The van der Waals surface area contributed by atoms with E-state index in [1.165, 1.54) is 10.8 Å². The number of rotatable bonds is 5. The third kappa shape index (κ3) is 3.57. The fourth-order valence-electron chi connectivity index (χ4n) is 3.15. The number of aromatic nitrogens is 4. The van der Waals surface area contributed by atoms with Crippen molar-refractivity contribution in [1.82, 2.24) is 19.6 Å². The molecule has 0 aliphatic carbocycles. The van der Waals surface area contributed by atoms with E-state index in [0.717, 1.165) is 17.7 Å². The van der Waals surface area contributed by atoms with Crippen LogP contribution in [0.2, 0.25) is 0 Å². The van der Waals surface area contributed by atoms with Gasteiger partial charge in [0.05, 0.1) is 30.3 Å². The molecule has 0 aliphatic heterocycles. The number of fused-ring (bicyclic) bond motifs is 1. The first-order chi connectivity index (χ1) is 14.5. The highest BCUT2D eigenvalue weighted by molar-refractivity contribution is 5.94. The maximum absolute atomic E-state index is 13.9. The zero-order valence-electron chi connectivity index (χ0n) is 15.9. The number of hydrogen-bond donors (Lipinski definition) is 0. The maximum atomic E-state index is 13.9. The number of halogens is 2. The normalized spacial score (nSPS) is 11.0. The van der Waals surface area contributed by atoms with Crippen molar-refractivity contribution in [2.75, 3.05) is 6.61 Å². The van der Waals surface area contributed by atoms with Crippen LogP contribution in [0.3, 0.4) is 0 Å². The molecular weight excluding hydrogens is 394 g/mol. The van der Waals surface area contributed by atoms with Crippen LogP contribution in [0, 0.1) is 11.6 Å². The molecule has 0 bridgehead atoms. The molecule has 0 atom stereocenters. The molecule has 2 aromatic heterocycles. The number of nitrogens with zero attached hydrogens (tertiary/aromatic N) is 4. The molecule has 0 amide bonds. The molecule has 7 nitrogen and oxygen atoms in total. The summed E-state index contributed by atoms with van der Waals surface area (Å²) >= 11 is 0. The Bertz CT molecular complexity index is 1280. The van der Waals surface area contributed by atoms with E-state index in [9.17, 15) is 18.4 Å². The summed E-state index contributed by atoms with van der Waals surface area (Å²) in [5.74, 6) is -3.09. The van der Waals surface area contributed by atoms with Crippen LogP contribution in [0.4, 0.5) is 8.78 Å². The van der Waals surface area contributed by atoms with Gasteiger partial charge in [0.2, 0.25) is 5.43 Å². The number of ether oxygens (including phenoxy) is 1. The molecule has 9 heteroatoms. The van der Waals surface area contributed by atoms with Gasteiger partial charge in [0.1, 0.15) is 5.56 Å². The Morgan fingerprint density at radius 1 is 1.13 bits per heavy atom. The first-order valence-corrected chi connectivity index (χ1v) is 9.13. The SMILES string of the molecule is CCOC(=O)c1cn(-c2ccc(Cn3ccnn3)cc2)c2cc(F)c(F)cc2c1=O. The van der Waals surface area contributed by atoms with Gasteiger partial charge in [-0.2, -0.15) is 0 Å². The van der Waals surface area contributed by atoms with E-state index in [-0.39, 0.29) is 23.1 Å². The van der Waals surface area contributed by atoms with Gasteiger partial charge in [-0.15, -0.1) is 5.10 Å². The van der Waals surface area contributed by atoms with Crippen LogP contribution in [0.1, 0.15) is 22.8 Å². The van der Waals surface area contributed by atoms with E-state index in [1.54, 1.807) is 36.1 Å². The van der Waals surface area contributed by atoms with Gasteiger partial charge in [0.15, 0.2) is 11.6 Å². The second-order valence-electron chi connectivity index (χ2n) is 6.51. The molecule has 0 N–H and O–H groups in total. The molecule has 0 fully saturated rings. The highest BCUT2D eigenvalue weighted by Crippen LogP contribution is 2.21. The van der Waals surface area contributed by atoms with Crippen LogP contribution in [0.25, 0.3) is 16.6 Å². The number of carbonyl (C=O) groups excluding carboxylic acids is 1. The van der Waals surface area contributed by atoms with Gasteiger partial charge in [-0.1, -0.05) is 17.3 Å². The molecule has 0 spiro atoms. The Morgan fingerprint density at radius 2 is 1.87 bits per heavy atom. The summed E-state index contributed by atoms with van der Waals surface area (Å²) in [6.07, 6.45) is 4.59. The quantitative estimate of drug-likeness (QED) is 0.473. The summed E-state index contributed by atoms with van der Waals surface area (Å²) in [5.41, 5.74) is 0.635. The highest BCUT2D eigenvalue weighted by atomic mass is 19.2. The Morgan fingerprint density at radius 3 is 2.53 bits per heavy atom. The molecular formula is C21H16F2N4O3. The maximum Gasteiger partial charge on any atom is 0.343 e. The Balaban J connectivity index is 1.86. The number of carbonyl (C=O) groups is 1. The number of benzene rings is 2. The summed E-state index contributed by atoms with van der Waals surface area (Å²) in [6.45, 7) is 2.19. The molecule has 2 heterocycles. The summed E-state index contributed by atoms with van der Waals surface area (Å²) in [4.78, 5) is 25.0. The van der Waals surface area contributed by atoms with E-state index in [1.807, 2.05) is 12.1 Å². The number of pyridine rings is 1. The smallest absolute Gasteiger partial charge is 0.343 e. The van der Waals surface area contributed by atoms with Crippen molar-refractivity contribution in [3.63, 3.8) is 0 Å². The molecule has 30 heavy (non-hydrogen) atoms. The third-order valence-corrected chi connectivity index (χ3v) is 4.57. The largest absolute Gasteiger partial charge is 0.462 e. The van der Waals surface area contributed by atoms with E-state index in [4.69, 9.17) is 4.74 Å². The molecule has 4 rings (SSSR count). The van der Waals surface area contributed by atoms with Crippen LogP contribution in [-0.2, 0) is 11.3 Å². The van der Waals surface area contributed by atoms with E-state index in [0.29, 0.717) is 12.2 Å². The minimum Gasteiger partial charge on any atom is -0.462 e. The lowest BCUT2D eigenvalue weighted by atomic mass is 10.1. The van der Waals surface area contributed by atoms with Crippen molar-refractivity contribution in [2.24, 2.45) is 0 Å². The van der Waals surface area contributed by atoms with Crippen molar-refractivity contribution in [3.05, 3.63) is 88.0 Å². The Hall–Kier alpha value is -3.88. The zero-order chi connectivity index (χ0) is 21.3. The lowest BCUT2D eigenvalue weighted by molar-refractivity contribution is 0.0524. The minimum absolute atomic E-state index is 0.0745. The fraction of sp³-hybridized carbons (Fsp3) is 0.143. The minimum atomic E-state index is -1.17. The van der Waals surface area contributed by atoms with Crippen LogP contribution in [-0.4, -0.2) is 32.1 Å². The van der Waals surface area contributed by atoms with Crippen LogP contribution >= 0.6 is 0 Å². The highest BCUT2D eigenvalue weighted by Gasteiger charge is 2.19. The van der Waals surface area contributed by atoms with Crippen molar-refractivity contribution < 1.29 is 18.3 Å². The van der Waals surface area contributed by atoms with Gasteiger partial charge >= 0.3 is 5.97 Å². The van der Waals surface area contributed by atoms with Gasteiger partial charge in [-0.3, -0.25) is 4.79 Å². The summed E-state index contributed by atoms with van der Waals surface area (Å²) < 4.78 is 35.8. The third-order valence-electron chi connectivity index (χ3n) is 4.57. The van der Waals surface area contributed by atoms with Crippen molar-refractivity contribution in [2.45, 2.75) is 13.5 Å². The van der Waals surface area contributed by atoms with Crippen molar-refractivity contribution >= 4 is 16.9 Å². The first-order valence-electron chi connectivity index (χ1n) is 9.13. The van der Waals surface area contributed by atoms with Crippen LogP contribution in [0.5, 0.6) is 0 Å². The van der Waals surface area contributed by atoms with Gasteiger partial charge in [0, 0.05) is 24.1 Å². The van der Waals surface area contributed by atoms with E-state index >= 15 is 0 Å². The lowest BCUT2D eigenvalue weighted by Gasteiger charge is -2.14. The molecule has 0 unspecified atom stereocenters. The van der Waals surface area contributed by atoms with Crippen molar-refractivity contribution in [3.8, 4) is 5.69 Å². The molecule has 4 aromatic rings. The molecule has 0 saturated heterocycles. The molecule has 0 saturated carbocycles. The topological polar surface area (TPSA) is 79.0 Å². The average Bonchev–Trinajstić information content (AvgIpc) is 3.24. The van der Waals surface area contributed by atoms with Crippen LogP contribution < -0.4 is 5.43 Å². The Kier molecular flexibility index (Phi) is 5.09. The van der Waals surface area contributed by atoms with Crippen LogP contribution in [0.15, 0.2) is 59.8 Å².